The predicted molar refractivity (Wildman–Crippen MR) is 85.7 cm³/mol. The van der Waals surface area contributed by atoms with Crippen LogP contribution < -0.4 is 5.56 Å². The van der Waals surface area contributed by atoms with Crippen molar-refractivity contribution in [1.29, 1.82) is 0 Å². The standard InChI is InChI=1S/C15H23N3O4S/c1-2-17-11-16-14-10-18(7-5-13(14)15(17)19)23(20,21)9-6-12-4-3-8-22-12/h11-12H,2-10H2,1H3/t12-/m0/s1. The minimum absolute atomic E-state index is 0.0473. The molecule has 2 aliphatic heterocycles. The smallest absolute Gasteiger partial charge is 0.256 e. The zero-order chi connectivity index (χ0) is 16.4. The molecule has 0 N–H and O–H groups in total. The Bertz CT molecular complexity index is 723. The molecule has 2 aliphatic rings. The maximum Gasteiger partial charge on any atom is 0.256 e. The van der Waals surface area contributed by atoms with Crippen molar-refractivity contribution < 1.29 is 13.2 Å². The van der Waals surface area contributed by atoms with Crippen molar-refractivity contribution in [2.75, 3.05) is 18.9 Å². The topological polar surface area (TPSA) is 81.5 Å². The predicted octanol–water partition coefficient (Wildman–Crippen LogP) is 0.520. The lowest BCUT2D eigenvalue weighted by Gasteiger charge is -2.27. The largest absolute Gasteiger partial charge is 0.378 e. The van der Waals surface area contributed by atoms with Crippen LogP contribution in [0.15, 0.2) is 11.1 Å². The van der Waals surface area contributed by atoms with Crippen molar-refractivity contribution in [3.8, 4) is 0 Å². The van der Waals surface area contributed by atoms with Gasteiger partial charge in [0, 0.05) is 25.3 Å². The monoisotopic (exact) mass is 341 g/mol. The van der Waals surface area contributed by atoms with Crippen molar-refractivity contribution >= 4 is 10.0 Å². The summed E-state index contributed by atoms with van der Waals surface area (Å²) in [6, 6.07) is 0. The maximum atomic E-state index is 12.5. The highest BCUT2D eigenvalue weighted by Gasteiger charge is 2.30. The van der Waals surface area contributed by atoms with Crippen LogP contribution in [0, 0.1) is 0 Å². The molecule has 0 bridgehead atoms. The fraction of sp³-hybridized carbons (Fsp3) is 0.733. The zero-order valence-electron chi connectivity index (χ0n) is 13.4. The summed E-state index contributed by atoms with van der Waals surface area (Å²) in [6.07, 6.45) is 4.49. The Morgan fingerprint density at radius 1 is 1.43 bits per heavy atom. The number of hydrogen-bond donors (Lipinski definition) is 0. The first-order valence-electron chi connectivity index (χ1n) is 8.18. The number of fused-ring (bicyclic) bond motifs is 1. The van der Waals surface area contributed by atoms with Gasteiger partial charge in [0.15, 0.2) is 0 Å². The van der Waals surface area contributed by atoms with Crippen LogP contribution in [-0.2, 0) is 34.3 Å². The van der Waals surface area contributed by atoms with E-state index >= 15 is 0 Å². The first-order valence-corrected chi connectivity index (χ1v) is 9.79. The van der Waals surface area contributed by atoms with Crippen LogP contribution >= 0.6 is 0 Å². The Balaban J connectivity index is 1.70. The molecule has 0 aliphatic carbocycles. The fourth-order valence-electron chi connectivity index (χ4n) is 3.18. The Hall–Kier alpha value is -1.25. The molecule has 0 spiro atoms. The molecule has 1 atom stereocenters. The highest BCUT2D eigenvalue weighted by molar-refractivity contribution is 7.89. The first-order chi connectivity index (χ1) is 11.0. The van der Waals surface area contributed by atoms with Gasteiger partial charge in [-0.05, 0) is 32.6 Å². The lowest BCUT2D eigenvalue weighted by molar-refractivity contribution is 0.108. The van der Waals surface area contributed by atoms with E-state index in [0.717, 1.165) is 19.4 Å². The van der Waals surface area contributed by atoms with E-state index in [4.69, 9.17) is 4.74 Å². The van der Waals surface area contributed by atoms with Gasteiger partial charge in [-0.3, -0.25) is 9.36 Å². The van der Waals surface area contributed by atoms with E-state index in [1.54, 1.807) is 4.57 Å². The van der Waals surface area contributed by atoms with Gasteiger partial charge in [-0.2, -0.15) is 4.31 Å². The molecule has 8 heteroatoms. The molecule has 1 aromatic heterocycles. The number of nitrogens with zero attached hydrogens (tertiary/aromatic N) is 3. The molecule has 128 valence electrons. The van der Waals surface area contributed by atoms with Crippen LogP contribution in [0.25, 0.3) is 0 Å². The van der Waals surface area contributed by atoms with Crippen LogP contribution in [0.1, 0.15) is 37.4 Å². The number of sulfonamides is 1. The molecule has 0 amide bonds. The molecule has 0 saturated carbocycles. The molecule has 23 heavy (non-hydrogen) atoms. The van der Waals surface area contributed by atoms with Gasteiger partial charge in [0.25, 0.3) is 5.56 Å². The molecule has 1 fully saturated rings. The van der Waals surface area contributed by atoms with E-state index in [0.29, 0.717) is 37.2 Å². The van der Waals surface area contributed by atoms with E-state index in [2.05, 4.69) is 4.98 Å². The molecule has 1 aromatic rings. The van der Waals surface area contributed by atoms with Gasteiger partial charge < -0.3 is 4.74 Å². The van der Waals surface area contributed by atoms with Gasteiger partial charge in [-0.15, -0.1) is 0 Å². The Morgan fingerprint density at radius 3 is 2.96 bits per heavy atom. The number of aryl methyl sites for hydroxylation is 1. The normalized spacial score (nSPS) is 22.2. The van der Waals surface area contributed by atoms with E-state index in [1.807, 2.05) is 6.92 Å². The van der Waals surface area contributed by atoms with Crippen molar-refractivity contribution in [3.05, 3.63) is 27.9 Å². The maximum absolute atomic E-state index is 12.5. The molecule has 0 radical (unpaired) electrons. The molecule has 0 aromatic carbocycles. The quantitative estimate of drug-likeness (QED) is 0.780. The molecular formula is C15H23N3O4S. The minimum atomic E-state index is -3.34. The van der Waals surface area contributed by atoms with Crippen LogP contribution in [0.5, 0.6) is 0 Å². The average molecular weight is 341 g/mol. The van der Waals surface area contributed by atoms with Crippen molar-refractivity contribution in [2.45, 2.75) is 51.8 Å². The Morgan fingerprint density at radius 2 is 2.26 bits per heavy atom. The van der Waals surface area contributed by atoms with Crippen LogP contribution in [0.4, 0.5) is 0 Å². The third kappa shape index (κ3) is 3.49. The Labute approximate surface area is 136 Å². The number of ether oxygens (including phenoxy) is 1. The Kier molecular flexibility index (Phi) is 4.84. The summed E-state index contributed by atoms with van der Waals surface area (Å²) in [6.45, 7) is 3.74. The zero-order valence-corrected chi connectivity index (χ0v) is 14.2. The third-order valence-electron chi connectivity index (χ3n) is 4.61. The molecule has 3 rings (SSSR count). The highest BCUT2D eigenvalue weighted by Crippen LogP contribution is 2.20. The lowest BCUT2D eigenvalue weighted by Crippen LogP contribution is -2.41. The van der Waals surface area contributed by atoms with E-state index in [1.165, 1.54) is 10.6 Å². The summed E-state index contributed by atoms with van der Waals surface area (Å²) < 4.78 is 33.5. The molecular weight excluding hydrogens is 318 g/mol. The van der Waals surface area contributed by atoms with Crippen LogP contribution in [-0.4, -0.2) is 47.3 Å². The highest BCUT2D eigenvalue weighted by atomic mass is 32.2. The second kappa shape index (κ2) is 6.70. The SMILES string of the molecule is CCn1cnc2c(c1=O)CCN(S(=O)(=O)CC[C@@H]1CCCO1)C2. The van der Waals surface area contributed by atoms with Crippen LogP contribution in [0.3, 0.4) is 0 Å². The van der Waals surface area contributed by atoms with Gasteiger partial charge >= 0.3 is 0 Å². The van der Waals surface area contributed by atoms with Gasteiger partial charge in [-0.25, -0.2) is 13.4 Å². The number of hydrogen-bond acceptors (Lipinski definition) is 5. The third-order valence-corrected chi connectivity index (χ3v) is 6.46. The molecule has 3 heterocycles. The number of aromatic nitrogens is 2. The fourth-order valence-corrected chi connectivity index (χ4v) is 4.69. The summed E-state index contributed by atoms with van der Waals surface area (Å²) in [7, 11) is -3.34. The molecule has 7 nitrogen and oxygen atoms in total. The second-order valence-corrected chi connectivity index (χ2v) is 8.17. The summed E-state index contributed by atoms with van der Waals surface area (Å²) in [5, 5.41) is 0. The lowest BCUT2D eigenvalue weighted by atomic mass is 10.1. The van der Waals surface area contributed by atoms with Crippen molar-refractivity contribution in [1.82, 2.24) is 13.9 Å². The summed E-state index contributed by atoms with van der Waals surface area (Å²) in [5.41, 5.74) is 1.19. The summed E-state index contributed by atoms with van der Waals surface area (Å²) in [5.74, 6) is 0.0963. The van der Waals surface area contributed by atoms with Gasteiger partial charge in [0.1, 0.15) is 0 Å². The van der Waals surface area contributed by atoms with Crippen LogP contribution in [0.2, 0.25) is 0 Å². The van der Waals surface area contributed by atoms with Gasteiger partial charge in [0.05, 0.1) is 30.4 Å². The molecule has 1 saturated heterocycles. The van der Waals surface area contributed by atoms with Crippen molar-refractivity contribution in [3.63, 3.8) is 0 Å². The van der Waals surface area contributed by atoms with Crippen molar-refractivity contribution in [2.24, 2.45) is 0 Å². The first kappa shape index (κ1) is 16.6. The average Bonchev–Trinajstić information content (AvgIpc) is 3.07. The van der Waals surface area contributed by atoms with Gasteiger partial charge in [0.2, 0.25) is 10.0 Å². The summed E-state index contributed by atoms with van der Waals surface area (Å²) >= 11 is 0. The summed E-state index contributed by atoms with van der Waals surface area (Å²) in [4.78, 5) is 16.5. The van der Waals surface area contributed by atoms with E-state index in [9.17, 15) is 13.2 Å². The molecule has 0 unspecified atom stereocenters. The second-order valence-electron chi connectivity index (χ2n) is 6.08. The van der Waals surface area contributed by atoms with E-state index in [-0.39, 0.29) is 24.0 Å². The van der Waals surface area contributed by atoms with E-state index < -0.39 is 10.0 Å². The number of rotatable bonds is 5. The minimum Gasteiger partial charge on any atom is -0.378 e. The van der Waals surface area contributed by atoms with Gasteiger partial charge in [-0.1, -0.05) is 0 Å².